The molecule has 0 aliphatic carbocycles. The summed E-state index contributed by atoms with van der Waals surface area (Å²) in [5.41, 5.74) is 0. The average molecular weight is 314 g/mol. The third-order valence-electron chi connectivity index (χ3n) is 4.09. The Morgan fingerprint density at radius 1 is 0.947 bits per heavy atom. The fourth-order valence-corrected chi connectivity index (χ4v) is 2.89. The van der Waals surface area contributed by atoms with E-state index in [0.717, 1.165) is 25.7 Å². The maximum Gasteiger partial charge on any atom is 0.0558 e. The summed E-state index contributed by atoms with van der Waals surface area (Å²) >= 11 is 0. The Bertz CT molecular complexity index is 208. The molecule has 0 aromatic rings. The van der Waals surface area contributed by atoms with Crippen molar-refractivity contribution in [1.29, 1.82) is 0 Å². The van der Waals surface area contributed by atoms with E-state index < -0.39 is 0 Å². The Morgan fingerprint density at radius 2 is 1.58 bits per heavy atom. The van der Waals surface area contributed by atoms with Crippen molar-refractivity contribution in [2.75, 3.05) is 52.4 Å². The van der Waals surface area contributed by atoms with E-state index in [1.165, 1.54) is 51.9 Å². The van der Waals surface area contributed by atoms with Crippen LogP contribution in [-0.4, -0.2) is 73.4 Å². The first kappa shape index (κ1) is 19.4. The second kappa shape index (κ2) is 11.1. The number of piperazine rings is 1. The molecule has 2 aliphatic heterocycles. The van der Waals surface area contributed by atoms with Crippen LogP contribution in [0.5, 0.6) is 0 Å². The molecule has 1 unspecified atom stereocenters. The lowest BCUT2D eigenvalue weighted by Gasteiger charge is -2.35. The van der Waals surface area contributed by atoms with Crippen LogP contribution in [0.2, 0.25) is 0 Å². The van der Waals surface area contributed by atoms with E-state index in [9.17, 15) is 0 Å². The number of nitrogens with zero attached hydrogens (tertiary/aromatic N) is 2. The minimum absolute atomic E-state index is 0. The lowest BCUT2D eigenvalue weighted by atomic mass is 10.0. The zero-order chi connectivity index (χ0) is 11.9. The van der Waals surface area contributed by atoms with Gasteiger partial charge in [-0.25, -0.2) is 0 Å². The first-order valence-electron chi connectivity index (χ1n) is 7.17. The molecule has 0 bridgehead atoms. The molecule has 2 rings (SSSR count). The van der Waals surface area contributed by atoms with Gasteiger partial charge in [0.25, 0.3) is 0 Å². The van der Waals surface area contributed by atoms with E-state index in [0.29, 0.717) is 6.61 Å². The number of β-amino-alcohol motifs (C(OH)–C–C–N with tert-alkyl or cyclic N) is 1. The van der Waals surface area contributed by atoms with E-state index in [1.54, 1.807) is 0 Å². The SMILES string of the molecule is Cl.Cl.OCCN1CCN(CCC2CCCCN2)CC1. The van der Waals surface area contributed by atoms with Crippen molar-refractivity contribution in [3.8, 4) is 0 Å². The van der Waals surface area contributed by atoms with Crippen LogP contribution in [-0.2, 0) is 0 Å². The fraction of sp³-hybridized carbons (Fsp3) is 1.00. The highest BCUT2D eigenvalue weighted by molar-refractivity contribution is 5.85. The molecule has 0 spiro atoms. The number of halogens is 2. The van der Waals surface area contributed by atoms with Crippen molar-refractivity contribution < 1.29 is 5.11 Å². The summed E-state index contributed by atoms with van der Waals surface area (Å²) in [6, 6.07) is 0.763. The van der Waals surface area contributed by atoms with E-state index in [1.807, 2.05) is 0 Å². The molecule has 0 aromatic heterocycles. The number of hydrogen-bond donors (Lipinski definition) is 2. The summed E-state index contributed by atoms with van der Waals surface area (Å²) < 4.78 is 0. The van der Waals surface area contributed by atoms with Gasteiger partial charge in [0.1, 0.15) is 0 Å². The Balaban J connectivity index is 0.00000162. The topological polar surface area (TPSA) is 38.7 Å². The Morgan fingerprint density at radius 3 is 2.11 bits per heavy atom. The largest absolute Gasteiger partial charge is 0.395 e. The molecule has 0 amide bonds. The normalized spacial score (nSPS) is 25.4. The average Bonchev–Trinajstić information content (AvgIpc) is 2.40. The smallest absolute Gasteiger partial charge is 0.0558 e. The summed E-state index contributed by atoms with van der Waals surface area (Å²) in [5, 5.41) is 12.5. The van der Waals surface area contributed by atoms with Crippen molar-refractivity contribution in [3.63, 3.8) is 0 Å². The fourth-order valence-electron chi connectivity index (χ4n) is 2.89. The summed E-state index contributed by atoms with van der Waals surface area (Å²) in [4.78, 5) is 4.93. The number of aliphatic hydroxyl groups excluding tert-OH is 1. The predicted octanol–water partition coefficient (Wildman–Crippen LogP) is 0.972. The molecule has 1 atom stereocenters. The molecule has 2 fully saturated rings. The van der Waals surface area contributed by atoms with Crippen LogP contribution >= 0.6 is 24.8 Å². The zero-order valence-corrected chi connectivity index (χ0v) is 13.4. The second-order valence-electron chi connectivity index (χ2n) is 5.34. The Kier molecular flexibility index (Phi) is 11.4. The lowest BCUT2D eigenvalue weighted by molar-refractivity contribution is 0.109. The van der Waals surface area contributed by atoms with Crippen LogP contribution in [0.1, 0.15) is 25.7 Å². The molecule has 2 N–H and O–H groups in total. The molecule has 0 aromatic carbocycles. The van der Waals surface area contributed by atoms with Crippen LogP contribution in [0.4, 0.5) is 0 Å². The highest BCUT2D eigenvalue weighted by Gasteiger charge is 2.18. The maximum atomic E-state index is 8.89. The van der Waals surface area contributed by atoms with Gasteiger partial charge in [-0.15, -0.1) is 24.8 Å². The Labute approximate surface area is 129 Å². The summed E-state index contributed by atoms with van der Waals surface area (Å²) in [7, 11) is 0. The molecule has 19 heavy (non-hydrogen) atoms. The van der Waals surface area contributed by atoms with Gasteiger partial charge < -0.3 is 15.3 Å². The molecule has 4 nitrogen and oxygen atoms in total. The van der Waals surface area contributed by atoms with E-state index in [2.05, 4.69) is 15.1 Å². The van der Waals surface area contributed by atoms with Crippen molar-refractivity contribution >= 4 is 24.8 Å². The first-order chi connectivity index (χ1) is 8.38. The molecule has 0 radical (unpaired) electrons. The number of piperidine rings is 1. The van der Waals surface area contributed by atoms with E-state index in [-0.39, 0.29) is 24.8 Å². The molecule has 0 saturated carbocycles. The van der Waals surface area contributed by atoms with Gasteiger partial charge in [-0.2, -0.15) is 0 Å². The number of nitrogens with one attached hydrogen (secondary N) is 1. The van der Waals surface area contributed by atoms with Gasteiger partial charge in [0.15, 0.2) is 0 Å². The van der Waals surface area contributed by atoms with Crippen molar-refractivity contribution in [3.05, 3.63) is 0 Å². The third kappa shape index (κ3) is 7.11. The van der Waals surface area contributed by atoms with Gasteiger partial charge in [0, 0.05) is 38.8 Å². The van der Waals surface area contributed by atoms with Crippen LogP contribution in [0.15, 0.2) is 0 Å². The highest BCUT2D eigenvalue weighted by Crippen LogP contribution is 2.11. The van der Waals surface area contributed by atoms with Gasteiger partial charge >= 0.3 is 0 Å². The van der Waals surface area contributed by atoms with Crippen molar-refractivity contribution in [2.24, 2.45) is 0 Å². The minimum atomic E-state index is 0. The van der Waals surface area contributed by atoms with Crippen LogP contribution in [0.3, 0.4) is 0 Å². The molecule has 2 aliphatic rings. The molecule has 116 valence electrons. The minimum Gasteiger partial charge on any atom is -0.395 e. The van der Waals surface area contributed by atoms with Gasteiger partial charge in [-0.1, -0.05) is 6.42 Å². The molecular weight excluding hydrogens is 285 g/mol. The second-order valence-corrected chi connectivity index (χ2v) is 5.34. The van der Waals surface area contributed by atoms with Crippen LogP contribution < -0.4 is 5.32 Å². The standard InChI is InChI=1S/C13H27N3O.2ClH/c17-12-11-16-9-7-15(8-10-16)6-4-13-3-1-2-5-14-13;;/h13-14,17H,1-12H2;2*1H. The van der Waals surface area contributed by atoms with Gasteiger partial charge in [0.2, 0.25) is 0 Å². The monoisotopic (exact) mass is 313 g/mol. The van der Waals surface area contributed by atoms with Crippen LogP contribution in [0, 0.1) is 0 Å². The van der Waals surface area contributed by atoms with E-state index >= 15 is 0 Å². The molecule has 6 heteroatoms. The number of rotatable bonds is 5. The van der Waals surface area contributed by atoms with Gasteiger partial charge in [-0.05, 0) is 32.4 Å². The molecular formula is C13H29Cl2N3O. The summed E-state index contributed by atoms with van der Waals surface area (Å²) in [6.45, 7) is 8.19. The van der Waals surface area contributed by atoms with Crippen LogP contribution in [0.25, 0.3) is 0 Å². The maximum absolute atomic E-state index is 8.89. The first-order valence-corrected chi connectivity index (χ1v) is 7.17. The lowest BCUT2D eigenvalue weighted by Crippen LogP contribution is -2.48. The highest BCUT2D eigenvalue weighted by atomic mass is 35.5. The Hall–Kier alpha value is 0.420. The van der Waals surface area contributed by atoms with Gasteiger partial charge in [-0.3, -0.25) is 4.90 Å². The van der Waals surface area contributed by atoms with Gasteiger partial charge in [0.05, 0.1) is 6.61 Å². The summed E-state index contributed by atoms with van der Waals surface area (Å²) in [6.07, 6.45) is 5.43. The number of hydrogen-bond acceptors (Lipinski definition) is 4. The zero-order valence-electron chi connectivity index (χ0n) is 11.7. The number of aliphatic hydroxyl groups is 1. The van der Waals surface area contributed by atoms with E-state index in [4.69, 9.17) is 5.11 Å². The van der Waals surface area contributed by atoms with Crippen molar-refractivity contribution in [2.45, 2.75) is 31.7 Å². The molecule has 2 heterocycles. The third-order valence-corrected chi connectivity index (χ3v) is 4.09. The quantitative estimate of drug-likeness (QED) is 0.793. The predicted molar refractivity (Wildman–Crippen MR) is 84.7 cm³/mol. The van der Waals surface area contributed by atoms with Crippen molar-refractivity contribution in [1.82, 2.24) is 15.1 Å². The molecule has 2 saturated heterocycles. The summed E-state index contributed by atoms with van der Waals surface area (Å²) in [5.74, 6) is 0.